The average molecular weight is 534 g/mol. The topological polar surface area (TPSA) is 99.2 Å². The Hall–Kier alpha value is -2.69. The van der Waals surface area contributed by atoms with Crippen molar-refractivity contribution in [2.75, 3.05) is 38.0 Å². The van der Waals surface area contributed by atoms with E-state index < -0.39 is 15.8 Å². The van der Waals surface area contributed by atoms with Crippen LogP contribution in [0.3, 0.4) is 0 Å². The van der Waals surface area contributed by atoms with Crippen molar-refractivity contribution < 1.29 is 27.4 Å². The number of ether oxygens (including phenoxy) is 1. The Bertz CT molecular complexity index is 1200. The quantitative estimate of drug-likeness (QED) is 0.514. The number of anilines is 1. The number of carbonyl (C=O) groups excluding carboxylic acids is 1. The predicted molar refractivity (Wildman–Crippen MR) is 139 cm³/mol. The fourth-order valence-electron chi connectivity index (χ4n) is 4.66. The van der Waals surface area contributed by atoms with E-state index in [-0.39, 0.29) is 47.6 Å². The van der Waals surface area contributed by atoms with E-state index in [1.54, 1.807) is 23.1 Å². The van der Waals surface area contributed by atoms with Crippen molar-refractivity contribution in [2.45, 2.75) is 50.2 Å². The van der Waals surface area contributed by atoms with E-state index in [2.05, 4.69) is 23.6 Å². The fourth-order valence-corrected chi connectivity index (χ4v) is 5.71. The molecule has 2 N–H and O–H groups in total. The molecule has 3 atom stereocenters. The second-order valence-electron chi connectivity index (χ2n) is 10.4. The standard InChI is InChI=1S/C27H36FN3O5S/c1-18-14-31(19(2)17-32)27(33)13-21-12-23(29-37(34,35)24-9-6-22(28)7-10-24)8-11-25(21)36-26(18)16-30(3)15-20-4-5-20/h6-12,18-20,26,29,32H,4-5,13-17H2,1-3H3/t18-,19-,26+/m0/s1. The first-order valence-electron chi connectivity index (χ1n) is 12.7. The molecule has 10 heteroatoms. The number of hydrogen-bond acceptors (Lipinski definition) is 6. The number of benzene rings is 2. The van der Waals surface area contributed by atoms with Crippen molar-refractivity contribution in [2.24, 2.45) is 11.8 Å². The molecule has 1 heterocycles. The summed E-state index contributed by atoms with van der Waals surface area (Å²) in [5.41, 5.74) is 0.833. The highest BCUT2D eigenvalue weighted by molar-refractivity contribution is 7.92. The van der Waals surface area contributed by atoms with Crippen molar-refractivity contribution in [1.82, 2.24) is 9.80 Å². The van der Waals surface area contributed by atoms with Gasteiger partial charge in [0.15, 0.2) is 0 Å². The van der Waals surface area contributed by atoms with E-state index in [0.717, 1.165) is 24.6 Å². The molecule has 0 aromatic heterocycles. The van der Waals surface area contributed by atoms with Gasteiger partial charge in [0.05, 0.1) is 24.0 Å². The molecule has 1 saturated carbocycles. The van der Waals surface area contributed by atoms with Gasteiger partial charge in [0, 0.05) is 36.8 Å². The SMILES string of the molecule is C[C@H]1CN([C@@H](C)CO)C(=O)Cc2cc(NS(=O)(=O)c3ccc(F)cc3)ccc2O[C@@H]1CN(C)CC1CC1. The maximum Gasteiger partial charge on any atom is 0.261 e. The molecule has 37 heavy (non-hydrogen) atoms. The smallest absolute Gasteiger partial charge is 0.261 e. The molecule has 0 bridgehead atoms. The van der Waals surface area contributed by atoms with Crippen LogP contribution >= 0.6 is 0 Å². The lowest BCUT2D eigenvalue weighted by atomic mass is 10.0. The van der Waals surface area contributed by atoms with Gasteiger partial charge < -0.3 is 19.6 Å². The average Bonchev–Trinajstić information content (AvgIpc) is 3.65. The van der Waals surface area contributed by atoms with E-state index in [0.29, 0.717) is 24.4 Å². The Morgan fingerprint density at radius 3 is 2.54 bits per heavy atom. The molecule has 202 valence electrons. The second-order valence-corrected chi connectivity index (χ2v) is 12.1. The van der Waals surface area contributed by atoms with Crippen LogP contribution in [0.1, 0.15) is 32.3 Å². The van der Waals surface area contributed by atoms with Crippen molar-refractivity contribution >= 4 is 21.6 Å². The van der Waals surface area contributed by atoms with Crippen LogP contribution in [0.15, 0.2) is 47.4 Å². The van der Waals surface area contributed by atoms with Crippen molar-refractivity contribution in [1.29, 1.82) is 0 Å². The minimum absolute atomic E-state index is 0.00204. The Morgan fingerprint density at radius 2 is 1.89 bits per heavy atom. The third-order valence-electron chi connectivity index (χ3n) is 7.05. The van der Waals surface area contributed by atoms with Crippen molar-refractivity contribution in [3.05, 3.63) is 53.8 Å². The van der Waals surface area contributed by atoms with Gasteiger partial charge in [-0.2, -0.15) is 0 Å². The zero-order chi connectivity index (χ0) is 26.7. The van der Waals surface area contributed by atoms with Gasteiger partial charge in [0.2, 0.25) is 5.91 Å². The summed E-state index contributed by atoms with van der Waals surface area (Å²) < 4.78 is 48.0. The third kappa shape index (κ3) is 7.00. The van der Waals surface area contributed by atoms with Gasteiger partial charge >= 0.3 is 0 Å². The van der Waals surface area contributed by atoms with Crippen LogP contribution in [-0.4, -0.2) is 74.7 Å². The molecule has 0 radical (unpaired) electrons. The number of nitrogens with one attached hydrogen (secondary N) is 1. The van der Waals surface area contributed by atoms with Crippen LogP contribution in [0.25, 0.3) is 0 Å². The molecule has 8 nitrogen and oxygen atoms in total. The van der Waals surface area contributed by atoms with E-state index >= 15 is 0 Å². The number of carbonyl (C=O) groups is 1. The molecule has 1 amide bonds. The number of amides is 1. The first-order chi connectivity index (χ1) is 17.6. The molecule has 0 saturated heterocycles. The molecular weight excluding hydrogens is 497 g/mol. The molecule has 1 fully saturated rings. The molecule has 1 aliphatic carbocycles. The lowest BCUT2D eigenvalue weighted by Crippen LogP contribution is -2.47. The van der Waals surface area contributed by atoms with Crippen LogP contribution in [0, 0.1) is 17.7 Å². The van der Waals surface area contributed by atoms with Gasteiger partial charge in [-0.3, -0.25) is 9.52 Å². The predicted octanol–water partition coefficient (Wildman–Crippen LogP) is 3.12. The number of halogens is 1. The summed E-state index contributed by atoms with van der Waals surface area (Å²) in [5, 5.41) is 9.80. The van der Waals surface area contributed by atoms with Crippen molar-refractivity contribution in [3.8, 4) is 5.75 Å². The second kappa shape index (κ2) is 11.4. The van der Waals surface area contributed by atoms with Gasteiger partial charge in [0.25, 0.3) is 10.0 Å². The summed E-state index contributed by atoms with van der Waals surface area (Å²) in [6.45, 7) is 5.84. The van der Waals surface area contributed by atoms with Crippen LogP contribution in [0.4, 0.5) is 10.1 Å². The highest BCUT2D eigenvalue weighted by atomic mass is 32.2. The largest absolute Gasteiger partial charge is 0.488 e. The number of likely N-dealkylation sites (N-methyl/N-ethyl adjacent to an activating group) is 1. The number of aliphatic hydroxyl groups excluding tert-OH is 1. The van der Waals surface area contributed by atoms with Gasteiger partial charge in [-0.1, -0.05) is 6.92 Å². The molecule has 2 aromatic carbocycles. The maximum absolute atomic E-state index is 13.3. The summed E-state index contributed by atoms with van der Waals surface area (Å²) in [6.07, 6.45) is 2.30. The highest BCUT2D eigenvalue weighted by Gasteiger charge is 2.32. The normalized spacial score (nSPS) is 21.5. The number of sulfonamides is 1. The Kier molecular flexibility index (Phi) is 8.40. The molecular formula is C27H36FN3O5S. The third-order valence-corrected chi connectivity index (χ3v) is 8.45. The van der Waals surface area contributed by atoms with Crippen LogP contribution in [0.5, 0.6) is 5.75 Å². The lowest BCUT2D eigenvalue weighted by molar-refractivity contribution is -0.134. The minimum Gasteiger partial charge on any atom is -0.488 e. The monoisotopic (exact) mass is 533 g/mol. The van der Waals surface area contributed by atoms with Gasteiger partial charge in [-0.25, -0.2) is 12.8 Å². The molecule has 2 aliphatic rings. The molecule has 2 aromatic rings. The first-order valence-corrected chi connectivity index (χ1v) is 14.2. The summed E-state index contributed by atoms with van der Waals surface area (Å²) in [5.74, 6) is 0.576. The van der Waals surface area contributed by atoms with E-state index in [9.17, 15) is 22.7 Å². The van der Waals surface area contributed by atoms with Crippen LogP contribution in [0.2, 0.25) is 0 Å². The first kappa shape index (κ1) is 27.3. The summed E-state index contributed by atoms with van der Waals surface area (Å²) in [4.78, 5) is 17.2. The van der Waals surface area contributed by atoms with E-state index in [1.165, 1.54) is 25.0 Å². The fraction of sp³-hybridized carbons (Fsp3) is 0.519. The summed E-state index contributed by atoms with van der Waals surface area (Å²) in [7, 11) is -1.88. The summed E-state index contributed by atoms with van der Waals surface area (Å²) in [6, 6.07) is 9.11. The van der Waals surface area contributed by atoms with Gasteiger partial charge in [-0.15, -0.1) is 0 Å². The highest BCUT2D eigenvalue weighted by Crippen LogP contribution is 2.32. The molecule has 4 rings (SSSR count). The Labute approximate surface area is 218 Å². The number of fused-ring (bicyclic) bond motifs is 1. The van der Waals surface area contributed by atoms with Gasteiger partial charge in [0.1, 0.15) is 17.7 Å². The number of hydrogen-bond donors (Lipinski definition) is 2. The molecule has 1 aliphatic heterocycles. The molecule has 0 spiro atoms. The van der Waals surface area contributed by atoms with Crippen LogP contribution in [-0.2, 0) is 21.2 Å². The zero-order valence-electron chi connectivity index (χ0n) is 21.6. The number of nitrogens with zero attached hydrogens (tertiary/aromatic N) is 2. The van der Waals surface area contributed by atoms with E-state index in [4.69, 9.17) is 4.74 Å². The minimum atomic E-state index is -3.96. The lowest BCUT2D eigenvalue weighted by Gasteiger charge is -2.34. The Balaban J connectivity index is 1.63. The van der Waals surface area contributed by atoms with E-state index in [1.807, 2.05) is 6.92 Å². The number of aliphatic hydroxyl groups is 1. The Morgan fingerprint density at radius 1 is 1.19 bits per heavy atom. The zero-order valence-corrected chi connectivity index (χ0v) is 22.4. The van der Waals surface area contributed by atoms with Crippen molar-refractivity contribution in [3.63, 3.8) is 0 Å². The maximum atomic E-state index is 13.3. The molecule has 0 unspecified atom stereocenters. The van der Waals surface area contributed by atoms with Crippen LogP contribution < -0.4 is 9.46 Å². The number of rotatable bonds is 9. The summed E-state index contributed by atoms with van der Waals surface area (Å²) >= 11 is 0. The van der Waals surface area contributed by atoms with Gasteiger partial charge in [-0.05, 0) is 75.2 Å².